The van der Waals surface area contributed by atoms with E-state index in [1.54, 1.807) is 12.3 Å². The Kier molecular flexibility index (Phi) is 5.21. The Hall–Kier alpha value is -2.26. The molecule has 1 aliphatic rings. The molecular weight excluding hydrogens is 296 g/mol. The van der Waals surface area contributed by atoms with Crippen LogP contribution >= 0.6 is 0 Å². The van der Waals surface area contributed by atoms with Crippen molar-refractivity contribution in [1.82, 2.24) is 10.3 Å². The molecule has 0 aliphatic carbocycles. The van der Waals surface area contributed by atoms with Gasteiger partial charge in [0, 0.05) is 11.8 Å². The minimum Gasteiger partial charge on any atom is -0.317 e. The SMILES string of the molecule is C[C@@]1(/C=C(\c2ccccc2)c2ccc(C=O)nc2)CCCNCC1. The molecule has 3 nitrogen and oxygen atoms in total. The molecule has 0 amide bonds. The van der Waals surface area contributed by atoms with Crippen molar-refractivity contribution >= 4 is 11.9 Å². The van der Waals surface area contributed by atoms with Crippen molar-refractivity contribution in [3.63, 3.8) is 0 Å². The third-order valence-corrected chi connectivity index (χ3v) is 4.77. The Morgan fingerprint density at radius 2 is 1.92 bits per heavy atom. The molecule has 2 aromatic rings. The van der Waals surface area contributed by atoms with Crippen molar-refractivity contribution < 1.29 is 4.79 Å². The van der Waals surface area contributed by atoms with Gasteiger partial charge >= 0.3 is 0 Å². The van der Waals surface area contributed by atoms with E-state index in [0.717, 1.165) is 31.4 Å². The maximum Gasteiger partial charge on any atom is 0.168 e. The molecule has 3 rings (SSSR count). The molecule has 1 aromatic heterocycles. The predicted molar refractivity (Wildman–Crippen MR) is 98.0 cm³/mol. The van der Waals surface area contributed by atoms with Gasteiger partial charge in [-0.15, -0.1) is 0 Å². The van der Waals surface area contributed by atoms with E-state index < -0.39 is 0 Å². The van der Waals surface area contributed by atoms with Crippen LogP contribution in [-0.2, 0) is 0 Å². The molecule has 1 fully saturated rings. The smallest absolute Gasteiger partial charge is 0.168 e. The van der Waals surface area contributed by atoms with Crippen LogP contribution < -0.4 is 5.32 Å². The van der Waals surface area contributed by atoms with Crippen LogP contribution in [0.4, 0.5) is 0 Å². The first-order valence-corrected chi connectivity index (χ1v) is 8.61. The summed E-state index contributed by atoms with van der Waals surface area (Å²) in [5, 5.41) is 3.49. The zero-order chi connectivity index (χ0) is 16.8. The lowest BCUT2D eigenvalue weighted by Gasteiger charge is -2.26. The average molecular weight is 320 g/mol. The highest BCUT2D eigenvalue weighted by molar-refractivity contribution is 5.81. The number of hydrogen-bond donors (Lipinski definition) is 1. The van der Waals surface area contributed by atoms with Crippen molar-refractivity contribution in [2.75, 3.05) is 13.1 Å². The van der Waals surface area contributed by atoms with Gasteiger partial charge in [0.15, 0.2) is 6.29 Å². The number of aldehydes is 1. The predicted octanol–water partition coefficient (Wildman–Crippen LogP) is 4.11. The Morgan fingerprint density at radius 3 is 2.62 bits per heavy atom. The van der Waals surface area contributed by atoms with Gasteiger partial charge in [-0.05, 0) is 55.0 Å². The number of nitrogens with one attached hydrogen (secondary N) is 1. The number of hydrogen-bond acceptors (Lipinski definition) is 3. The van der Waals surface area contributed by atoms with Gasteiger partial charge in [0.25, 0.3) is 0 Å². The minimum absolute atomic E-state index is 0.165. The van der Waals surface area contributed by atoms with Crippen LogP contribution in [0.5, 0.6) is 0 Å². The number of pyridine rings is 1. The average Bonchev–Trinajstić information content (AvgIpc) is 2.85. The lowest BCUT2D eigenvalue weighted by molar-refractivity contribution is 0.111. The van der Waals surface area contributed by atoms with Gasteiger partial charge in [0.1, 0.15) is 5.69 Å². The van der Waals surface area contributed by atoms with Crippen LogP contribution in [0.3, 0.4) is 0 Å². The van der Waals surface area contributed by atoms with E-state index in [2.05, 4.69) is 47.6 Å². The molecule has 0 bridgehead atoms. The van der Waals surface area contributed by atoms with Gasteiger partial charge in [-0.25, -0.2) is 0 Å². The normalized spacial score (nSPS) is 22.0. The van der Waals surface area contributed by atoms with Crippen molar-refractivity contribution in [2.45, 2.75) is 26.2 Å². The van der Waals surface area contributed by atoms with E-state index >= 15 is 0 Å². The number of aromatic nitrogens is 1. The van der Waals surface area contributed by atoms with Crippen LogP contribution in [0, 0.1) is 5.41 Å². The zero-order valence-electron chi connectivity index (χ0n) is 14.2. The molecule has 0 saturated carbocycles. The molecule has 124 valence electrons. The summed E-state index contributed by atoms with van der Waals surface area (Å²) in [6, 6.07) is 14.2. The van der Waals surface area contributed by atoms with Crippen LogP contribution in [0.25, 0.3) is 5.57 Å². The Labute approximate surface area is 143 Å². The second-order valence-corrected chi connectivity index (χ2v) is 6.77. The van der Waals surface area contributed by atoms with Crippen LogP contribution in [0.2, 0.25) is 0 Å². The molecule has 0 unspecified atom stereocenters. The number of benzene rings is 1. The number of carbonyl (C=O) groups excluding carboxylic acids is 1. The number of allylic oxidation sites excluding steroid dienone is 1. The first-order chi connectivity index (χ1) is 11.7. The van der Waals surface area contributed by atoms with Gasteiger partial charge in [-0.1, -0.05) is 49.4 Å². The maximum absolute atomic E-state index is 10.9. The highest BCUT2D eigenvalue weighted by atomic mass is 16.1. The van der Waals surface area contributed by atoms with Gasteiger partial charge in [0.05, 0.1) is 0 Å². The van der Waals surface area contributed by atoms with E-state index in [4.69, 9.17) is 0 Å². The fourth-order valence-electron chi connectivity index (χ4n) is 3.32. The molecular formula is C21H24N2O. The van der Waals surface area contributed by atoms with E-state index in [0.29, 0.717) is 5.69 Å². The van der Waals surface area contributed by atoms with E-state index in [1.165, 1.54) is 24.0 Å². The lowest BCUT2D eigenvalue weighted by atomic mass is 9.79. The largest absolute Gasteiger partial charge is 0.317 e. The topological polar surface area (TPSA) is 42.0 Å². The second-order valence-electron chi connectivity index (χ2n) is 6.77. The molecule has 0 spiro atoms. The maximum atomic E-state index is 10.9. The first kappa shape index (κ1) is 16.6. The summed E-state index contributed by atoms with van der Waals surface area (Å²) in [4.78, 5) is 15.1. The summed E-state index contributed by atoms with van der Waals surface area (Å²) in [7, 11) is 0. The Morgan fingerprint density at radius 1 is 1.08 bits per heavy atom. The van der Waals surface area contributed by atoms with Crippen molar-refractivity contribution in [3.8, 4) is 0 Å². The summed E-state index contributed by atoms with van der Waals surface area (Å²) < 4.78 is 0. The Bertz CT molecular complexity index is 696. The lowest BCUT2D eigenvalue weighted by Crippen LogP contribution is -2.18. The number of rotatable bonds is 4. The first-order valence-electron chi connectivity index (χ1n) is 8.61. The molecule has 1 aromatic carbocycles. The van der Waals surface area contributed by atoms with Gasteiger partial charge in [0.2, 0.25) is 0 Å². The fraction of sp³-hybridized carbons (Fsp3) is 0.333. The number of nitrogens with zero attached hydrogens (tertiary/aromatic N) is 1. The minimum atomic E-state index is 0.165. The van der Waals surface area contributed by atoms with Gasteiger partial charge < -0.3 is 5.32 Å². The summed E-state index contributed by atoms with van der Waals surface area (Å²) in [6.45, 7) is 4.49. The summed E-state index contributed by atoms with van der Waals surface area (Å²) in [5.74, 6) is 0. The fourth-order valence-corrected chi connectivity index (χ4v) is 3.32. The molecule has 24 heavy (non-hydrogen) atoms. The molecule has 0 radical (unpaired) electrons. The highest BCUT2D eigenvalue weighted by Crippen LogP contribution is 2.36. The van der Waals surface area contributed by atoms with Crippen LogP contribution in [0.15, 0.2) is 54.7 Å². The third kappa shape index (κ3) is 3.98. The van der Waals surface area contributed by atoms with Crippen molar-refractivity contribution in [2.24, 2.45) is 5.41 Å². The summed E-state index contributed by atoms with van der Waals surface area (Å²) in [5.41, 5.74) is 4.08. The Balaban J connectivity index is 2.04. The zero-order valence-corrected chi connectivity index (χ0v) is 14.2. The standard InChI is InChI=1S/C21H24N2O/c1-21(10-5-12-22-13-11-21)14-20(17-6-3-2-4-7-17)18-8-9-19(16-24)23-15-18/h2-4,6-9,14-16,22H,5,10-13H2,1H3/b20-14+/t21-/m1/s1. The molecule has 2 heterocycles. The monoisotopic (exact) mass is 320 g/mol. The van der Waals surface area contributed by atoms with E-state index in [-0.39, 0.29) is 5.41 Å². The molecule has 1 atom stereocenters. The van der Waals surface area contributed by atoms with Crippen LogP contribution in [0.1, 0.15) is 47.8 Å². The molecule has 1 saturated heterocycles. The quantitative estimate of drug-likeness (QED) is 0.862. The van der Waals surface area contributed by atoms with Crippen molar-refractivity contribution in [3.05, 3.63) is 71.6 Å². The second kappa shape index (κ2) is 7.54. The molecule has 3 heteroatoms. The summed E-state index contributed by atoms with van der Waals surface area (Å²) >= 11 is 0. The third-order valence-electron chi connectivity index (χ3n) is 4.77. The summed E-state index contributed by atoms with van der Waals surface area (Å²) in [6.07, 6.45) is 8.50. The van der Waals surface area contributed by atoms with E-state index in [1.807, 2.05) is 12.1 Å². The highest BCUT2D eigenvalue weighted by Gasteiger charge is 2.24. The van der Waals surface area contributed by atoms with Crippen LogP contribution in [-0.4, -0.2) is 24.4 Å². The van der Waals surface area contributed by atoms with Gasteiger partial charge in [-0.2, -0.15) is 0 Å². The molecule has 1 aliphatic heterocycles. The number of carbonyl (C=O) groups is 1. The van der Waals surface area contributed by atoms with E-state index in [9.17, 15) is 4.79 Å². The molecule has 1 N–H and O–H groups in total. The van der Waals surface area contributed by atoms with Gasteiger partial charge in [-0.3, -0.25) is 9.78 Å². The van der Waals surface area contributed by atoms with Crippen molar-refractivity contribution in [1.29, 1.82) is 0 Å².